The molecule has 0 aliphatic carbocycles. The van der Waals surface area contributed by atoms with Crippen LogP contribution in [-0.4, -0.2) is 18.0 Å². The Kier molecular flexibility index (Phi) is 6.76. The molecule has 1 N–H and O–H groups in total. The second kappa shape index (κ2) is 10.3. The number of carbonyl (C=O) groups is 1. The highest BCUT2D eigenvalue weighted by atomic mass is 35.5. The molecule has 0 aliphatic rings. The lowest BCUT2D eigenvalue weighted by molar-refractivity contribution is -0.111. The third-order valence-corrected chi connectivity index (χ3v) is 6.05. The number of halogens is 2. The molecule has 0 spiro atoms. The van der Waals surface area contributed by atoms with Crippen molar-refractivity contribution in [2.45, 2.75) is 0 Å². The molecule has 0 atom stereocenters. The normalized spacial score (nSPS) is 11.2. The number of oxazole rings is 1. The summed E-state index contributed by atoms with van der Waals surface area (Å²) in [5.74, 6) is 0.629. The van der Waals surface area contributed by atoms with Crippen molar-refractivity contribution in [2.75, 3.05) is 12.4 Å². The smallest absolute Gasteiger partial charge is 0.248 e. The van der Waals surface area contributed by atoms with Crippen LogP contribution in [0.2, 0.25) is 10.0 Å². The van der Waals surface area contributed by atoms with E-state index in [1.165, 1.54) is 13.2 Å². The molecule has 0 radical (unpaired) electrons. The zero-order valence-electron chi connectivity index (χ0n) is 19.2. The zero-order chi connectivity index (χ0) is 25.1. The van der Waals surface area contributed by atoms with E-state index < -0.39 is 0 Å². The van der Waals surface area contributed by atoms with Crippen molar-refractivity contribution >= 4 is 52.0 Å². The van der Waals surface area contributed by atoms with Crippen LogP contribution in [0.25, 0.3) is 39.8 Å². The third-order valence-electron chi connectivity index (χ3n) is 5.55. The first-order valence-corrected chi connectivity index (χ1v) is 11.8. The van der Waals surface area contributed by atoms with Gasteiger partial charge in [-0.1, -0.05) is 65.7 Å². The highest BCUT2D eigenvalue weighted by molar-refractivity contribution is 6.36. The summed E-state index contributed by atoms with van der Waals surface area (Å²) in [7, 11) is 1.51. The Labute approximate surface area is 217 Å². The fourth-order valence-corrected chi connectivity index (χ4v) is 4.42. The van der Waals surface area contributed by atoms with Crippen molar-refractivity contribution < 1.29 is 13.9 Å². The molecule has 1 heterocycles. The van der Waals surface area contributed by atoms with Gasteiger partial charge in [0.25, 0.3) is 0 Å². The van der Waals surface area contributed by atoms with Gasteiger partial charge in [0.15, 0.2) is 5.58 Å². The van der Waals surface area contributed by atoms with Crippen LogP contribution < -0.4 is 10.1 Å². The second-order valence-corrected chi connectivity index (χ2v) is 8.82. The number of ether oxygens (including phenoxy) is 1. The highest BCUT2D eigenvalue weighted by Gasteiger charge is 2.11. The van der Waals surface area contributed by atoms with Gasteiger partial charge in [-0.25, -0.2) is 4.98 Å². The van der Waals surface area contributed by atoms with E-state index in [0.717, 1.165) is 16.7 Å². The summed E-state index contributed by atoms with van der Waals surface area (Å²) in [6.45, 7) is 0. The predicted octanol–water partition coefficient (Wildman–Crippen LogP) is 8.13. The number of rotatable bonds is 6. The molecule has 0 saturated heterocycles. The second-order valence-electron chi connectivity index (χ2n) is 7.98. The van der Waals surface area contributed by atoms with E-state index >= 15 is 0 Å². The number of anilines is 1. The number of aromatic nitrogens is 1. The van der Waals surface area contributed by atoms with Gasteiger partial charge in [-0.05, 0) is 59.7 Å². The number of carbonyl (C=O) groups excluding carboxylic acids is 1. The molecule has 1 aromatic heterocycles. The lowest BCUT2D eigenvalue weighted by Crippen LogP contribution is -2.07. The van der Waals surface area contributed by atoms with Crippen LogP contribution in [-0.2, 0) is 4.79 Å². The van der Waals surface area contributed by atoms with Crippen molar-refractivity contribution in [2.24, 2.45) is 0 Å². The van der Waals surface area contributed by atoms with Crippen LogP contribution in [0.3, 0.4) is 0 Å². The molecule has 36 heavy (non-hydrogen) atoms. The van der Waals surface area contributed by atoms with E-state index in [2.05, 4.69) is 22.4 Å². The Morgan fingerprint density at radius 1 is 0.917 bits per heavy atom. The molecule has 1 amide bonds. The van der Waals surface area contributed by atoms with Gasteiger partial charge in [-0.3, -0.25) is 4.79 Å². The fraction of sp³-hybridized carbons (Fsp3) is 0.0345. The van der Waals surface area contributed by atoms with E-state index in [9.17, 15) is 4.79 Å². The quantitative estimate of drug-likeness (QED) is 0.232. The number of benzene rings is 4. The van der Waals surface area contributed by atoms with E-state index in [1.54, 1.807) is 36.4 Å². The highest BCUT2D eigenvalue weighted by Crippen LogP contribution is 2.33. The summed E-state index contributed by atoms with van der Waals surface area (Å²) < 4.78 is 11.2. The first-order valence-electron chi connectivity index (χ1n) is 11.1. The molecule has 5 aromatic rings. The van der Waals surface area contributed by atoms with Crippen LogP contribution in [0.4, 0.5) is 5.69 Å². The molecular weight excluding hydrogens is 495 g/mol. The van der Waals surface area contributed by atoms with Crippen molar-refractivity contribution in [3.63, 3.8) is 0 Å². The third kappa shape index (κ3) is 5.13. The Bertz CT molecular complexity index is 1580. The van der Waals surface area contributed by atoms with Gasteiger partial charge in [0.1, 0.15) is 11.3 Å². The Morgan fingerprint density at radius 3 is 2.39 bits per heavy atom. The zero-order valence-corrected chi connectivity index (χ0v) is 20.7. The van der Waals surface area contributed by atoms with Crippen molar-refractivity contribution in [1.29, 1.82) is 0 Å². The SMILES string of the molecule is COc1c(Cl)cc(Cl)cc1C=CC(=O)Nc1ccc2oc(-c3ccc(-c4ccccc4)cc3)nc2c1. The number of hydrogen-bond donors (Lipinski definition) is 1. The van der Waals surface area contributed by atoms with Crippen LogP contribution in [0.15, 0.2) is 95.4 Å². The standard InChI is InChI=1S/C29H20Cl2N2O3/c1-35-28-21(15-22(30)16-24(28)31)11-14-27(34)32-23-12-13-26-25(17-23)33-29(36-26)20-9-7-19(8-10-20)18-5-3-2-4-6-18/h2-17H,1H3,(H,32,34). The number of fused-ring (bicyclic) bond motifs is 1. The summed E-state index contributed by atoms with van der Waals surface area (Å²) in [5, 5.41) is 3.65. The average Bonchev–Trinajstić information content (AvgIpc) is 3.31. The van der Waals surface area contributed by atoms with Crippen molar-refractivity contribution in [1.82, 2.24) is 4.98 Å². The van der Waals surface area contributed by atoms with Gasteiger partial charge in [0, 0.05) is 27.9 Å². The van der Waals surface area contributed by atoms with Crippen LogP contribution in [0.1, 0.15) is 5.56 Å². The molecule has 178 valence electrons. The number of methoxy groups -OCH3 is 1. The summed E-state index contributed by atoms with van der Waals surface area (Å²) >= 11 is 12.2. The Balaban J connectivity index is 1.32. The molecule has 0 bridgehead atoms. The minimum Gasteiger partial charge on any atom is -0.495 e. The molecule has 4 aromatic carbocycles. The summed E-state index contributed by atoms with van der Waals surface area (Å²) in [6.07, 6.45) is 2.98. The van der Waals surface area contributed by atoms with E-state index in [4.69, 9.17) is 32.4 Å². The first kappa shape index (κ1) is 23.7. The maximum atomic E-state index is 12.5. The Hall–Kier alpha value is -4.06. The van der Waals surface area contributed by atoms with Gasteiger partial charge < -0.3 is 14.5 Å². The largest absolute Gasteiger partial charge is 0.495 e. The topological polar surface area (TPSA) is 64.4 Å². The number of hydrogen-bond acceptors (Lipinski definition) is 4. The molecular formula is C29H20Cl2N2O3. The van der Waals surface area contributed by atoms with Gasteiger partial charge in [0.2, 0.25) is 11.8 Å². The lowest BCUT2D eigenvalue weighted by Gasteiger charge is -2.08. The summed E-state index contributed by atoms with van der Waals surface area (Å²) in [5.41, 5.74) is 5.59. The molecule has 5 rings (SSSR count). The Morgan fingerprint density at radius 2 is 1.64 bits per heavy atom. The van der Waals surface area contributed by atoms with E-state index in [-0.39, 0.29) is 5.91 Å². The van der Waals surface area contributed by atoms with Crippen LogP contribution in [0.5, 0.6) is 5.75 Å². The van der Waals surface area contributed by atoms with Gasteiger partial charge in [0.05, 0.1) is 12.1 Å². The predicted molar refractivity (Wildman–Crippen MR) is 146 cm³/mol. The van der Waals surface area contributed by atoms with Crippen molar-refractivity contribution in [3.8, 4) is 28.3 Å². The minimum atomic E-state index is -0.326. The lowest BCUT2D eigenvalue weighted by atomic mass is 10.0. The number of nitrogens with zero attached hydrogens (tertiary/aromatic N) is 1. The monoisotopic (exact) mass is 514 g/mol. The fourth-order valence-electron chi connectivity index (χ4n) is 3.83. The molecule has 0 saturated carbocycles. The van der Waals surface area contributed by atoms with Gasteiger partial charge >= 0.3 is 0 Å². The van der Waals surface area contributed by atoms with E-state index in [0.29, 0.717) is 44.0 Å². The van der Waals surface area contributed by atoms with Crippen LogP contribution in [0, 0.1) is 0 Å². The van der Waals surface area contributed by atoms with Gasteiger partial charge in [-0.15, -0.1) is 0 Å². The van der Waals surface area contributed by atoms with Crippen LogP contribution >= 0.6 is 23.2 Å². The maximum absolute atomic E-state index is 12.5. The first-order chi connectivity index (χ1) is 17.5. The number of nitrogens with one attached hydrogen (secondary N) is 1. The van der Waals surface area contributed by atoms with Gasteiger partial charge in [-0.2, -0.15) is 0 Å². The molecule has 0 unspecified atom stereocenters. The summed E-state index contributed by atoms with van der Waals surface area (Å²) in [4.78, 5) is 17.1. The number of amides is 1. The van der Waals surface area contributed by atoms with Crippen molar-refractivity contribution in [3.05, 3.63) is 107 Å². The van der Waals surface area contributed by atoms with E-state index in [1.807, 2.05) is 42.5 Å². The molecule has 7 heteroatoms. The molecule has 0 aliphatic heterocycles. The molecule has 0 fully saturated rings. The maximum Gasteiger partial charge on any atom is 0.248 e. The average molecular weight is 515 g/mol. The minimum absolute atomic E-state index is 0.326. The summed E-state index contributed by atoms with van der Waals surface area (Å²) in [6, 6.07) is 26.8. The molecule has 5 nitrogen and oxygen atoms in total.